The minimum atomic E-state index is -0.0426. The van der Waals surface area contributed by atoms with Crippen molar-refractivity contribution in [3.8, 4) is 11.3 Å². The van der Waals surface area contributed by atoms with Crippen molar-refractivity contribution in [2.45, 2.75) is 0 Å². The molecule has 0 aliphatic heterocycles. The second-order valence-corrected chi connectivity index (χ2v) is 4.84. The van der Waals surface area contributed by atoms with Crippen LogP contribution in [0.15, 0.2) is 75.9 Å². The highest BCUT2D eigenvalue weighted by Gasteiger charge is 2.09. The van der Waals surface area contributed by atoms with E-state index in [-0.39, 0.29) is 5.43 Å². The summed E-state index contributed by atoms with van der Waals surface area (Å²) in [5, 5.41) is 1.09. The van der Waals surface area contributed by atoms with Gasteiger partial charge >= 0.3 is 0 Å². The van der Waals surface area contributed by atoms with E-state index in [0.29, 0.717) is 22.1 Å². The molecule has 4 aromatic rings. The molecule has 0 atom stereocenters. The second kappa shape index (κ2) is 4.56. The molecular weight excluding hydrogens is 262 g/mol. The maximum atomic E-state index is 12.4. The summed E-state index contributed by atoms with van der Waals surface area (Å²) in [5.74, 6) is 0. The molecule has 0 aliphatic carbocycles. The third kappa shape index (κ3) is 1.91. The van der Waals surface area contributed by atoms with E-state index in [0.717, 1.165) is 11.3 Å². The zero-order valence-electron chi connectivity index (χ0n) is 11.1. The summed E-state index contributed by atoms with van der Waals surface area (Å²) >= 11 is 0. The van der Waals surface area contributed by atoms with Crippen molar-refractivity contribution in [3.63, 3.8) is 0 Å². The summed E-state index contributed by atoms with van der Waals surface area (Å²) in [6.45, 7) is 0. The van der Waals surface area contributed by atoms with Crippen LogP contribution in [0.25, 0.3) is 33.3 Å². The van der Waals surface area contributed by atoms with Crippen molar-refractivity contribution in [2.75, 3.05) is 0 Å². The Bertz CT molecular complexity index is 1000. The van der Waals surface area contributed by atoms with Gasteiger partial charge in [0.25, 0.3) is 0 Å². The van der Waals surface area contributed by atoms with Crippen LogP contribution < -0.4 is 5.43 Å². The van der Waals surface area contributed by atoms with Gasteiger partial charge in [-0.2, -0.15) is 0 Å². The van der Waals surface area contributed by atoms with E-state index in [1.54, 1.807) is 18.2 Å². The number of hydrogen-bond acceptors (Lipinski definition) is 3. The molecular formula is C18H11NO2. The number of aromatic nitrogens is 1. The van der Waals surface area contributed by atoms with Gasteiger partial charge in [-0.3, -0.25) is 4.79 Å². The van der Waals surface area contributed by atoms with Gasteiger partial charge in [-0.1, -0.05) is 42.5 Å². The highest BCUT2D eigenvalue weighted by Crippen LogP contribution is 2.22. The molecule has 2 aromatic heterocycles. The van der Waals surface area contributed by atoms with Crippen molar-refractivity contribution in [1.82, 2.24) is 4.98 Å². The molecule has 3 heteroatoms. The molecule has 0 fully saturated rings. The highest BCUT2D eigenvalue weighted by molar-refractivity contribution is 5.88. The number of hydrogen-bond donors (Lipinski definition) is 0. The minimum absolute atomic E-state index is 0.0426. The van der Waals surface area contributed by atoms with Gasteiger partial charge in [-0.25, -0.2) is 4.98 Å². The quantitative estimate of drug-likeness (QED) is 0.492. The van der Waals surface area contributed by atoms with E-state index in [1.165, 1.54) is 0 Å². The zero-order valence-corrected chi connectivity index (χ0v) is 11.1. The lowest BCUT2D eigenvalue weighted by Gasteiger charge is -2.03. The van der Waals surface area contributed by atoms with Gasteiger partial charge in [-0.05, 0) is 24.3 Å². The molecule has 3 nitrogen and oxygen atoms in total. The predicted octanol–water partition coefficient (Wildman–Crippen LogP) is 4.01. The van der Waals surface area contributed by atoms with Crippen molar-refractivity contribution < 1.29 is 4.42 Å². The molecule has 0 spiro atoms. The first-order valence-corrected chi connectivity index (χ1v) is 6.71. The van der Waals surface area contributed by atoms with Gasteiger partial charge in [0.15, 0.2) is 0 Å². The van der Waals surface area contributed by atoms with Crippen molar-refractivity contribution >= 4 is 22.1 Å². The van der Waals surface area contributed by atoms with E-state index in [9.17, 15) is 4.79 Å². The average Bonchev–Trinajstić information content (AvgIpc) is 2.55. The fourth-order valence-electron chi connectivity index (χ4n) is 2.45. The third-order valence-corrected chi connectivity index (χ3v) is 3.51. The van der Waals surface area contributed by atoms with Gasteiger partial charge in [0.1, 0.15) is 5.58 Å². The number of fused-ring (bicyclic) bond motifs is 2. The van der Waals surface area contributed by atoms with Crippen LogP contribution in [-0.4, -0.2) is 4.98 Å². The SMILES string of the molecule is O=c1c2ccccc2oc2nc(-c3ccccc3)ccc12. The highest BCUT2D eigenvalue weighted by atomic mass is 16.3. The molecule has 0 N–H and O–H groups in total. The molecule has 0 saturated carbocycles. The molecule has 2 heterocycles. The zero-order chi connectivity index (χ0) is 14.2. The molecule has 0 amide bonds. The molecule has 0 bridgehead atoms. The first kappa shape index (κ1) is 11.9. The molecule has 4 rings (SSSR count). The van der Waals surface area contributed by atoms with Crippen molar-refractivity contribution in [3.05, 3.63) is 77.0 Å². The van der Waals surface area contributed by atoms with Gasteiger partial charge < -0.3 is 4.42 Å². The summed E-state index contributed by atoms with van der Waals surface area (Å²) in [7, 11) is 0. The van der Waals surface area contributed by atoms with Gasteiger partial charge in [0, 0.05) is 5.56 Å². The molecule has 100 valence electrons. The third-order valence-electron chi connectivity index (χ3n) is 3.51. The van der Waals surface area contributed by atoms with Crippen LogP contribution in [0.4, 0.5) is 0 Å². The lowest BCUT2D eigenvalue weighted by molar-refractivity contribution is 0.645. The molecule has 0 unspecified atom stereocenters. The molecule has 0 saturated heterocycles. The van der Waals surface area contributed by atoms with Crippen LogP contribution in [0.2, 0.25) is 0 Å². The van der Waals surface area contributed by atoms with Crippen molar-refractivity contribution in [2.24, 2.45) is 0 Å². The van der Waals surface area contributed by atoms with E-state index in [1.807, 2.05) is 48.5 Å². The molecule has 0 aliphatic rings. The summed E-state index contributed by atoms with van der Waals surface area (Å²) < 4.78 is 5.78. The fourth-order valence-corrected chi connectivity index (χ4v) is 2.45. The Morgan fingerprint density at radius 2 is 1.52 bits per heavy atom. The summed E-state index contributed by atoms with van der Waals surface area (Å²) in [4.78, 5) is 16.9. The lowest BCUT2D eigenvalue weighted by atomic mass is 10.1. The van der Waals surface area contributed by atoms with Gasteiger partial charge in [0.05, 0.1) is 16.5 Å². The Morgan fingerprint density at radius 3 is 2.38 bits per heavy atom. The second-order valence-electron chi connectivity index (χ2n) is 4.84. The van der Waals surface area contributed by atoms with Gasteiger partial charge in [0.2, 0.25) is 11.1 Å². The van der Waals surface area contributed by atoms with Crippen LogP contribution >= 0.6 is 0 Å². The normalized spacial score (nSPS) is 11.0. The maximum Gasteiger partial charge on any atom is 0.231 e. The summed E-state index contributed by atoms with van der Waals surface area (Å²) in [5.41, 5.74) is 2.68. The Hall–Kier alpha value is -2.94. The van der Waals surface area contributed by atoms with Crippen LogP contribution in [0, 0.1) is 0 Å². The van der Waals surface area contributed by atoms with Crippen LogP contribution in [0.1, 0.15) is 0 Å². The number of para-hydroxylation sites is 1. The monoisotopic (exact) mass is 273 g/mol. The fraction of sp³-hybridized carbons (Fsp3) is 0. The summed E-state index contributed by atoms with van der Waals surface area (Å²) in [6, 6.07) is 20.7. The Morgan fingerprint density at radius 1 is 0.762 bits per heavy atom. The van der Waals surface area contributed by atoms with Gasteiger partial charge in [-0.15, -0.1) is 0 Å². The Kier molecular flexibility index (Phi) is 2.57. The Balaban J connectivity index is 2.04. The molecule has 21 heavy (non-hydrogen) atoms. The van der Waals surface area contributed by atoms with Crippen LogP contribution in [0.5, 0.6) is 0 Å². The van der Waals surface area contributed by atoms with Crippen LogP contribution in [-0.2, 0) is 0 Å². The van der Waals surface area contributed by atoms with Crippen LogP contribution in [0.3, 0.4) is 0 Å². The molecule has 0 radical (unpaired) electrons. The maximum absolute atomic E-state index is 12.4. The van der Waals surface area contributed by atoms with E-state index >= 15 is 0 Å². The topological polar surface area (TPSA) is 43.1 Å². The largest absolute Gasteiger partial charge is 0.437 e. The Labute approximate surface area is 120 Å². The number of rotatable bonds is 1. The predicted molar refractivity (Wildman–Crippen MR) is 83.2 cm³/mol. The standard InChI is InChI=1S/C18H11NO2/c20-17-13-8-4-5-9-16(13)21-18-14(17)10-11-15(19-18)12-6-2-1-3-7-12/h1-11H. The molecule has 2 aromatic carbocycles. The average molecular weight is 273 g/mol. The van der Waals surface area contributed by atoms with E-state index in [2.05, 4.69) is 4.98 Å². The minimum Gasteiger partial charge on any atom is -0.437 e. The summed E-state index contributed by atoms with van der Waals surface area (Å²) in [6.07, 6.45) is 0. The van der Waals surface area contributed by atoms with E-state index < -0.39 is 0 Å². The smallest absolute Gasteiger partial charge is 0.231 e. The van der Waals surface area contributed by atoms with E-state index in [4.69, 9.17) is 4.42 Å². The number of benzene rings is 2. The first-order chi connectivity index (χ1) is 10.3. The number of nitrogens with zero attached hydrogens (tertiary/aromatic N) is 1. The first-order valence-electron chi connectivity index (χ1n) is 6.71. The number of pyridine rings is 1. The van der Waals surface area contributed by atoms with Crippen molar-refractivity contribution in [1.29, 1.82) is 0 Å². The lowest BCUT2D eigenvalue weighted by Crippen LogP contribution is -2.03.